The number of amides is 1. The maximum atomic E-state index is 13.3. The van der Waals surface area contributed by atoms with Crippen LogP contribution in [0.3, 0.4) is 0 Å². The van der Waals surface area contributed by atoms with Crippen LogP contribution in [0.5, 0.6) is 5.75 Å². The first-order valence-electron chi connectivity index (χ1n) is 12.3. The van der Waals surface area contributed by atoms with E-state index in [4.69, 9.17) is 9.47 Å². The van der Waals surface area contributed by atoms with Crippen LogP contribution in [0.1, 0.15) is 36.6 Å². The summed E-state index contributed by atoms with van der Waals surface area (Å²) in [4.78, 5) is 40.7. The van der Waals surface area contributed by atoms with Crippen LogP contribution in [0.25, 0.3) is 5.76 Å². The Morgan fingerprint density at radius 3 is 2.41 bits per heavy atom. The summed E-state index contributed by atoms with van der Waals surface area (Å²) < 4.78 is 11.2. The first-order chi connectivity index (χ1) is 17.7. The van der Waals surface area contributed by atoms with Gasteiger partial charge in [-0.25, -0.2) is 0 Å². The number of hydrogen-bond donors (Lipinski definition) is 1. The molecule has 0 aliphatic carbocycles. The highest BCUT2D eigenvalue weighted by Gasteiger charge is 2.46. The number of aliphatic hydroxyl groups excluding tert-OH is 1. The number of aryl methyl sites for hydroxylation is 1. The zero-order chi connectivity index (χ0) is 26.7. The number of carbonyl (C=O) groups is 2. The van der Waals surface area contributed by atoms with Crippen LogP contribution in [0.15, 0.2) is 48.0 Å². The van der Waals surface area contributed by atoms with Crippen LogP contribution in [0.2, 0.25) is 0 Å². The predicted octanol–water partition coefficient (Wildman–Crippen LogP) is 3.44. The smallest absolute Gasteiger partial charge is 0.295 e. The molecule has 10 nitrogen and oxygen atoms in total. The molecule has 2 fully saturated rings. The van der Waals surface area contributed by atoms with Crippen molar-refractivity contribution in [3.8, 4) is 5.75 Å². The van der Waals surface area contributed by atoms with Crippen molar-refractivity contribution in [2.45, 2.75) is 32.9 Å². The number of rotatable bonds is 8. The fraction of sp³-hybridized carbons (Fsp3) is 0.407. The number of Topliss-reactive ketones (excluding diaryl/α,β-unsaturated/α-hetero) is 1. The number of ether oxygens (including phenoxy) is 2. The number of nitro groups is 1. The molecule has 0 bridgehead atoms. The van der Waals surface area contributed by atoms with Crippen molar-refractivity contribution in [3.05, 3.63) is 74.8 Å². The number of morpholine rings is 1. The maximum absolute atomic E-state index is 13.3. The van der Waals surface area contributed by atoms with Crippen LogP contribution >= 0.6 is 0 Å². The molecule has 0 saturated carbocycles. The Kier molecular flexibility index (Phi) is 7.89. The maximum Gasteiger partial charge on any atom is 0.295 e. The summed E-state index contributed by atoms with van der Waals surface area (Å²) in [7, 11) is 0. The predicted molar refractivity (Wildman–Crippen MR) is 136 cm³/mol. The van der Waals surface area contributed by atoms with Crippen molar-refractivity contribution in [2.75, 3.05) is 39.4 Å². The lowest BCUT2D eigenvalue weighted by molar-refractivity contribution is -0.384. The van der Waals surface area contributed by atoms with Gasteiger partial charge in [0.25, 0.3) is 17.4 Å². The first kappa shape index (κ1) is 26.3. The molecule has 2 heterocycles. The van der Waals surface area contributed by atoms with Crippen molar-refractivity contribution < 1.29 is 29.1 Å². The van der Waals surface area contributed by atoms with Crippen LogP contribution in [0.4, 0.5) is 5.69 Å². The summed E-state index contributed by atoms with van der Waals surface area (Å²) in [6.07, 6.45) is -0.0305. The van der Waals surface area contributed by atoms with Crippen molar-refractivity contribution >= 4 is 23.1 Å². The fourth-order valence-corrected chi connectivity index (χ4v) is 4.65. The molecule has 0 spiro atoms. The lowest BCUT2D eigenvalue weighted by atomic mass is 9.94. The van der Waals surface area contributed by atoms with E-state index in [2.05, 4.69) is 4.90 Å². The Morgan fingerprint density at radius 1 is 1.14 bits per heavy atom. The van der Waals surface area contributed by atoms with Gasteiger partial charge < -0.3 is 19.5 Å². The highest BCUT2D eigenvalue weighted by Crippen LogP contribution is 2.40. The largest absolute Gasteiger partial charge is 0.507 e. The molecule has 4 rings (SSSR count). The van der Waals surface area contributed by atoms with E-state index >= 15 is 0 Å². The molecule has 1 atom stereocenters. The molecule has 0 aromatic heterocycles. The van der Waals surface area contributed by atoms with Crippen molar-refractivity contribution in [2.24, 2.45) is 0 Å². The van der Waals surface area contributed by atoms with Gasteiger partial charge in [-0.2, -0.15) is 0 Å². The number of ketones is 1. The minimum atomic E-state index is -0.881. The summed E-state index contributed by atoms with van der Waals surface area (Å²) >= 11 is 0. The zero-order valence-corrected chi connectivity index (χ0v) is 21.2. The quantitative estimate of drug-likeness (QED) is 0.189. The Bertz CT molecular complexity index is 1220. The van der Waals surface area contributed by atoms with Gasteiger partial charge in [-0.05, 0) is 62.2 Å². The van der Waals surface area contributed by atoms with Gasteiger partial charge >= 0.3 is 0 Å². The van der Waals surface area contributed by atoms with Gasteiger partial charge in [-0.1, -0.05) is 0 Å². The van der Waals surface area contributed by atoms with Gasteiger partial charge in [0.15, 0.2) is 0 Å². The average molecular weight is 510 g/mol. The second-order valence-electron chi connectivity index (χ2n) is 9.44. The zero-order valence-electron chi connectivity index (χ0n) is 21.2. The van der Waals surface area contributed by atoms with E-state index in [1.807, 2.05) is 20.8 Å². The number of carbonyl (C=O) groups excluding carboxylic acids is 2. The van der Waals surface area contributed by atoms with Gasteiger partial charge in [-0.15, -0.1) is 0 Å². The SMILES string of the molecule is Cc1cc(C(O)=C2C(=O)C(=O)N(CCN3CCOCC3)[C@H]2c2ccc([N+](=O)[O-])cc2)ccc1OC(C)C. The van der Waals surface area contributed by atoms with Crippen molar-refractivity contribution in [1.29, 1.82) is 0 Å². The van der Waals surface area contributed by atoms with Gasteiger partial charge in [0.1, 0.15) is 11.5 Å². The molecule has 0 radical (unpaired) electrons. The molecule has 196 valence electrons. The lowest BCUT2D eigenvalue weighted by Crippen LogP contribution is -2.42. The Balaban J connectivity index is 1.74. The third-order valence-electron chi connectivity index (χ3n) is 6.53. The van der Waals surface area contributed by atoms with Crippen molar-refractivity contribution in [3.63, 3.8) is 0 Å². The second kappa shape index (κ2) is 11.1. The van der Waals surface area contributed by atoms with Gasteiger partial charge in [-0.3, -0.25) is 24.6 Å². The monoisotopic (exact) mass is 509 g/mol. The second-order valence-corrected chi connectivity index (χ2v) is 9.44. The molecular formula is C27H31N3O7. The summed E-state index contributed by atoms with van der Waals surface area (Å²) in [5.74, 6) is -1.14. The topological polar surface area (TPSA) is 122 Å². The summed E-state index contributed by atoms with van der Waals surface area (Å²) in [6, 6.07) is 9.91. The molecule has 2 saturated heterocycles. The van der Waals surface area contributed by atoms with E-state index in [0.29, 0.717) is 36.6 Å². The van der Waals surface area contributed by atoms with Gasteiger partial charge in [0.2, 0.25) is 0 Å². The van der Waals surface area contributed by atoms with E-state index in [9.17, 15) is 24.8 Å². The minimum absolute atomic E-state index is 0.0305. The number of nitro benzene ring substituents is 1. The van der Waals surface area contributed by atoms with E-state index < -0.39 is 22.7 Å². The molecule has 10 heteroatoms. The van der Waals surface area contributed by atoms with Crippen LogP contribution in [0, 0.1) is 17.0 Å². The lowest BCUT2D eigenvalue weighted by Gasteiger charge is -2.31. The Labute approximate surface area is 215 Å². The molecule has 2 aromatic rings. The molecule has 2 aromatic carbocycles. The number of non-ortho nitro benzene ring substituents is 1. The summed E-state index contributed by atoms with van der Waals surface area (Å²) in [6.45, 7) is 9.08. The number of benzene rings is 2. The summed E-state index contributed by atoms with van der Waals surface area (Å²) in [5.41, 5.74) is 1.51. The first-order valence-corrected chi connectivity index (χ1v) is 12.3. The number of likely N-dealkylation sites (tertiary alicyclic amines) is 1. The molecule has 1 N–H and O–H groups in total. The van der Waals surface area contributed by atoms with Gasteiger partial charge in [0, 0.05) is 43.9 Å². The van der Waals surface area contributed by atoms with Crippen LogP contribution < -0.4 is 4.74 Å². The van der Waals surface area contributed by atoms with E-state index in [1.165, 1.54) is 29.2 Å². The molecular weight excluding hydrogens is 478 g/mol. The Hall–Kier alpha value is -3.76. The third-order valence-corrected chi connectivity index (χ3v) is 6.53. The van der Waals surface area contributed by atoms with Crippen LogP contribution in [-0.4, -0.2) is 77.0 Å². The standard InChI is InChI=1S/C27H31N3O7/c1-17(2)37-22-9-6-20(16-18(22)3)25(31)23-24(19-4-7-21(8-5-19)30(34)35)29(27(33)26(23)32)11-10-28-12-14-36-15-13-28/h4-9,16-17,24,31H,10-15H2,1-3H3/t24-/m0/s1. The van der Waals surface area contributed by atoms with E-state index in [-0.39, 0.29) is 29.7 Å². The van der Waals surface area contributed by atoms with Gasteiger partial charge in [0.05, 0.1) is 35.9 Å². The van der Waals surface area contributed by atoms with E-state index in [1.54, 1.807) is 18.2 Å². The molecule has 37 heavy (non-hydrogen) atoms. The third kappa shape index (κ3) is 5.65. The minimum Gasteiger partial charge on any atom is -0.507 e. The van der Waals surface area contributed by atoms with Crippen molar-refractivity contribution in [1.82, 2.24) is 9.80 Å². The fourth-order valence-electron chi connectivity index (χ4n) is 4.65. The van der Waals surface area contributed by atoms with Crippen LogP contribution in [-0.2, 0) is 14.3 Å². The normalized spacial score (nSPS) is 20.0. The number of hydrogen-bond acceptors (Lipinski definition) is 8. The number of aliphatic hydroxyl groups is 1. The molecule has 2 aliphatic rings. The number of nitrogens with zero attached hydrogens (tertiary/aromatic N) is 3. The Morgan fingerprint density at radius 2 is 1.81 bits per heavy atom. The molecule has 0 unspecified atom stereocenters. The summed E-state index contributed by atoms with van der Waals surface area (Å²) in [5, 5.41) is 22.5. The highest BCUT2D eigenvalue weighted by molar-refractivity contribution is 6.46. The highest BCUT2D eigenvalue weighted by atomic mass is 16.6. The van der Waals surface area contributed by atoms with E-state index in [0.717, 1.165) is 18.7 Å². The molecule has 1 amide bonds. The average Bonchev–Trinajstić information content (AvgIpc) is 3.13. The molecule has 2 aliphatic heterocycles.